The molecule has 0 unspecified atom stereocenters. The van der Waals surface area contributed by atoms with Gasteiger partial charge in [-0.2, -0.15) is 16.8 Å². The maximum atomic E-state index is 13.2. The van der Waals surface area contributed by atoms with E-state index >= 15 is 0 Å². The Morgan fingerprint density at radius 2 is 0.774 bits per heavy atom. The number of phenols is 2. The van der Waals surface area contributed by atoms with Crippen molar-refractivity contribution in [2.24, 2.45) is 0 Å². The minimum atomic E-state index is -4.30. The highest BCUT2D eigenvalue weighted by Crippen LogP contribution is 2.30. The van der Waals surface area contributed by atoms with Crippen LogP contribution in [0.15, 0.2) is 206 Å². The van der Waals surface area contributed by atoms with E-state index in [1.165, 1.54) is 0 Å². The van der Waals surface area contributed by atoms with E-state index in [0.29, 0.717) is 99.1 Å². The van der Waals surface area contributed by atoms with Crippen LogP contribution in [0.5, 0.6) is 11.5 Å². The van der Waals surface area contributed by atoms with Gasteiger partial charge in [0.05, 0.1) is 22.9 Å². The molecule has 0 spiro atoms. The molecular weight excluding hydrogens is 1400 g/mol. The van der Waals surface area contributed by atoms with Crippen LogP contribution in [0.1, 0.15) is 78.2 Å². The van der Waals surface area contributed by atoms with E-state index in [4.69, 9.17) is 18.6 Å². The van der Waals surface area contributed by atoms with Gasteiger partial charge in [-0.25, -0.2) is 9.59 Å². The number of anilines is 2. The van der Waals surface area contributed by atoms with E-state index in [0.717, 1.165) is 85.2 Å². The lowest BCUT2D eigenvalue weighted by molar-refractivity contribution is 0.0539. The van der Waals surface area contributed by atoms with Crippen molar-refractivity contribution in [1.82, 2.24) is 40.9 Å². The van der Waals surface area contributed by atoms with Gasteiger partial charge in [-0.15, -0.1) is 0 Å². The van der Waals surface area contributed by atoms with Crippen molar-refractivity contribution in [2.75, 3.05) is 115 Å². The Hall–Kier alpha value is -10.6. The molecule has 562 valence electrons. The van der Waals surface area contributed by atoms with Gasteiger partial charge in [0.25, 0.3) is 43.9 Å². The first-order chi connectivity index (χ1) is 50.9. The minimum Gasteiger partial charge on any atom is -0.508 e. The van der Waals surface area contributed by atoms with Gasteiger partial charge in [0, 0.05) is 139 Å². The largest absolute Gasteiger partial charge is 0.508 e. The summed E-state index contributed by atoms with van der Waals surface area (Å²) >= 11 is 0. The van der Waals surface area contributed by atoms with E-state index in [-0.39, 0.29) is 47.3 Å². The molecule has 26 nitrogen and oxygen atoms in total. The number of hydrogen-bond acceptors (Lipinski definition) is 18. The number of phenolic OH excluding ortho intramolecular Hbond substituents is 2. The molecule has 0 saturated carbocycles. The summed E-state index contributed by atoms with van der Waals surface area (Å²) < 4.78 is 66.9. The molecule has 8 aromatic rings. The van der Waals surface area contributed by atoms with E-state index < -0.39 is 43.9 Å². The predicted molar refractivity (Wildman–Crippen MR) is 407 cm³/mol. The van der Waals surface area contributed by atoms with Crippen molar-refractivity contribution >= 4 is 67.4 Å². The molecule has 2 fully saturated rings. The van der Waals surface area contributed by atoms with Crippen molar-refractivity contribution < 1.29 is 74.4 Å². The second-order valence-corrected chi connectivity index (χ2v) is 28.5. The summed E-state index contributed by atoms with van der Waals surface area (Å²) in [6.45, 7) is 8.79. The number of ether oxygens (including phenoxy) is 2. The fourth-order valence-electron chi connectivity index (χ4n) is 11.5. The van der Waals surface area contributed by atoms with Crippen molar-refractivity contribution in [1.29, 1.82) is 0 Å². The Morgan fingerprint density at radius 3 is 1.13 bits per heavy atom. The Labute approximate surface area is 618 Å². The number of nitrogens with one attached hydrogen (secondary N) is 6. The number of nitrogens with zero attached hydrogens (tertiary/aromatic N) is 4. The summed E-state index contributed by atoms with van der Waals surface area (Å²) in [5.74, 6) is -2.28. The number of rotatable bonds is 29. The maximum Gasteiger partial charge on any atom is 0.411 e. The number of likely N-dealkylation sites (N-methyl/N-ethyl adjacent to an activating group) is 2. The molecule has 10 rings (SSSR count). The zero-order valence-electron chi connectivity index (χ0n) is 59.2. The number of benzene rings is 8. The Bertz CT molecular complexity index is 4120. The van der Waals surface area contributed by atoms with Gasteiger partial charge >= 0.3 is 12.2 Å². The van der Waals surface area contributed by atoms with Crippen LogP contribution in [0.25, 0.3) is 22.3 Å². The number of likely N-dealkylation sites (tertiary alicyclic amines) is 2. The third-order valence-electron chi connectivity index (χ3n) is 17.4. The topological polar surface area (TPSA) is 355 Å². The first kappa shape index (κ1) is 81.1. The number of piperidine rings is 2. The van der Waals surface area contributed by atoms with Gasteiger partial charge in [-0.1, -0.05) is 133 Å². The Kier molecular flexibility index (Phi) is 31.5. The number of hydrogen-bond donors (Lipinski definition) is 10. The third kappa shape index (κ3) is 28.1. The summed E-state index contributed by atoms with van der Waals surface area (Å²) in [5, 5.41) is 36.9. The molecule has 2 aliphatic heterocycles. The molecule has 0 aliphatic carbocycles. The molecule has 28 heteroatoms. The van der Waals surface area contributed by atoms with Gasteiger partial charge in [0.2, 0.25) is 0 Å². The zero-order valence-corrected chi connectivity index (χ0v) is 60.9. The molecule has 0 atom stereocenters. The van der Waals surface area contributed by atoms with Crippen LogP contribution >= 0.6 is 0 Å². The minimum absolute atomic E-state index is 0.147. The number of para-hydroxylation sites is 2. The third-order valence-corrected chi connectivity index (χ3v) is 19.1. The van der Waals surface area contributed by atoms with Crippen LogP contribution in [-0.4, -0.2) is 208 Å². The van der Waals surface area contributed by atoms with E-state index in [9.17, 15) is 55.8 Å². The highest BCUT2D eigenvalue weighted by atomic mass is 32.2. The second kappa shape index (κ2) is 41.2. The van der Waals surface area contributed by atoms with Crippen LogP contribution in [0.2, 0.25) is 0 Å². The molecule has 10 N–H and O–H groups in total. The van der Waals surface area contributed by atoms with Crippen LogP contribution in [-0.2, 0) is 42.8 Å². The first-order valence-corrected chi connectivity index (χ1v) is 38.0. The van der Waals surface area contributed by atoms with Crippen LogP contribution in [0, 0.1) is 0 Å². The molecule has 2 saturated heterocycles. The van der Waals surface area contributed by atoms with Crippen molar-refractivity contribution in [3.63, 3.8) is 0 Å². The lowest BCUT2D eigenvalue weighted by Crippen LogP contribution is -2.42. The van der Waals surface area contributed by atoms with Crippen molar-refractivity contribution in [2.45, 2.75) is 51.0 Å². The van der Waals surface area contributed by atoms with Gasteiger partial charge in [-0.3, -0.25) is 38.9 Å². The molecule has 6 amide bonds. The monoisotopic (exact) mass is 1490 g/mol. The molecular formula is C78H92N10O16S2. The summed E-state index contributed by atoms with van der Waals surface area (Å²) in [4.78, 5) is 85.2. The van der Waals surface area contributed by atoms with Crippen LogP contribution in [0.3, 0.4) is 0 Å². The summed E-state index contributed by atoms with van der Waals surface area (Å²) in [5.41, 5.74) is 9.19. The van der Waals surface area contributed by atoms with Gasteiger partial charge in [-0.05, 0) is 121 Å². The highest BCUT2D eigenvalue weighted by Gasteiger charge is 2.26. The van der Waals surface area contributed by atoms with Gasteiger partial charge < -0.3 is 60.6 Å². The standard InChI is InChI=1S/2C38H43N5O5.C2H6O6S2/c2*1-42(37(46)31-11-7-10-30(26-31)36(45)40-21-20-39-27-28-14-16-32(44)17-15-28)24-25-43-22-18-33(19-23-43)48-38(47)41-35-13-6-5-12-34(35)29-8-3-2-4-9-29;3-9(4,5)1-2-10(6,7)8/h2*2-17,26,33,39,44H,18-25,27H2,1H3,(H,40,45)(H,41,47);1-2H2,(H,3,4,5)(H,6,7,8). The molecule has 2 aliphatic rings. The summed E-state index contributed by atoms with van der Waals surface area (Å²) in [7, 11) is -5.06. The van der Waals surface area contributed by atoms with E-state index in [2.05, 4.69) is 41.7 Å². The van der Waals surface area contributed by atoms with Crippen molar-refractivity contribution in [3.05, 3.63) is 240 Å². The van der Waals surface area contributed by atoms with E-state index in [1.54, 1.807) is 96.7 Å². The Morgan fingerprint density at radius 1 is 0.434 bits per heavy atom. The lowest BCUT2D eigenvalue weighted by atomic mass is 10.0. The normalized spacial score (nSPS) is 13.4. The first-order valence-electron chi connectivity index (χ1n) is 34.8. The number of amides is 6. The fourth-order valence-corrected chi connectivity index (χ4v) is 13.1. The smallest absolute Gasteiger partial charge is 0.411 e. The predicted octanol–water partition coefficient (Wildman–Crippen LogP) is 9.49. The molecule has 8 aromatic carbocycles. The lowest BCUT2D eigenvalue weighted by Gasteiger charge is -2.32. The summed E-state index contributed by atoms with van der Waals surface area (Å²) in [6, 6.07) is 62.6. The SMILES string of the molecule is CN(CCN1CCC(OC(=O)Nc2ccccc2-c2ccccc2)CC1)C(=O)c1cccc(C(=O)NCCNCc2ccc(O)cc2)c1.CN(CCN1CCC(OC(=O)Nc2ccccc2-c2ccccc2)CC1)C(=O)c1cccc(C(=O)NCCNCc2ccc(O)cc2)c1.O=S(=O)(O)CCS(=O)(=O)O. The van der Waals surface area contributed by atoms with Crippen LogP contribution in [0.4, 0.5) is 21.0 Å². The zero-order chi connectivity index (χ0) is 75.9. The van der Waals surface area contributed by atoms with Crippen molar-refractivity contribution in [3.8, 4) is 33.8 Å². The van der Waals surface area contributed by atoms with Gasteiger partial charge in [0.15, 0.2) is 0 Å². The number of carbonyl (C=O) groups is 6. The van der Waals surface area contributed by atoms with Crippen LogP contribution < -0.4 is 31.9 Å². The quantitative estimate of drug-likeness (QED) is 0.0154. The van der Waals surface area contributed by atoms with Gasteiger partial charge in [0.1, 0.15) is 23.7 Å². The second-order valence-electron chi connectivity index (χ2n) is 25.4. The molecule has 2 heterocycles. The number of aromatic hydroxyl groups is 2. The molecule has 0 bridgehead atoms. The fraction of sp³-hybridized carbons (Fsp3) is 0.308. The average molecular weight is 1490 g/mol. The molecule has 0 radical (unpaired) electrons. The summed E-state index contributed by atoms with van der Waals surface area (Å²) in [6.07, 6.45) is 1.61. The average Bonchev–Trinajstić information content (AvgIpc) is 0.853. The van der Waals surface area contributed by atoms with E-state index in [1.807, 2.05) is 133 Å². The molecule has 0 aromatic heterocycles. The molecule has 106 heavy (non-hydrogen) atoms. The highest BCUT2D eigenvalue weighted by molar-refractivity contribution is 7.89. The Balaban J connectivity index is 0.000000237. The maximum absolute atomic E-state index is 13.2. The number of carbonyl (C=O) groups excluding carboxylic acids is 6.